The number of carbonyl (C=O) groups is 1. The maximum absolute atomic E-state index is 11.6. The molecule has 76 valence electrons. The second kappa shape index (κ2) is 3.28. The van der Waals surface area contributed by atoms with Gasteiger partial charge in [-0.3, -0.25) is 4.79 Å². The molecule has 0 N–H and O–H groups in total. The molecule has 1 aliphatic heterocycles. The molecule has 1 amide bonds. The van der Waals surface area contributed by atoms with Crippen LogP contribution in [0.1, 0.15) is 5.56 Å². The molecule has 0 saturated heterocycles. The lowest BCUT2D eigenvalue weighted by molar-refractivity contribution is -0.117. The van der Waals surface area contributed by atoms with E-state index in [2.05, 4.69) is 6.07 Å². The SMILES string of the molecule is CN1CC(=O)N(C)c2cc(C#N)ccc21. The van der Waals surface area contributed by atoms with Crippen LogP contribution >= 0.6 is 0 Å². The lowest BCUT2D eigenvalue weighted by atomic mass is 10.1. The van der Waals surface area contributed by atoms with E-state index in [4.69, 9.17) is 5.26 Å². The van der Waals surface area contributed by atoms with E-state index < -0.39 is 0 Å². The summed E-state index contributed by atoms with van der Waals surface area (Å²) in [5, 5.41) is 8.79. The topological polar surface area (TPSA) is 47.3 Å². The molecule has 0 unspecified atom stereocenters. The van der Waals surface area contributed by atoms with E-state index in [1.54, 1.807) is 24.1 Å². The van der Waals surface area contributed by atoms with E-state index in [9.17, 15) is 4.79 Å². The second-order valence-electron chi connectivity index (χ2n) is 3.62. The summed E-state index contributed by atoms with van der Waals surface area (Å²) in [6.07, 6.45) is 0. The van der Waals surface area contributed by atoms with Crippen LogP contribution in [0.3, 0.4) is 0 Å². The first kappa shape index (κ1) is 9.53. The first-order chi connectivity index (χ1) is 7.13. The van der Waals surface area contributed by atoms with Gasteiger partial charge in [-0.05, 0) is 18.2 Å². The normalized spacial score (nSPS) is 14.9. The zero-order valence-electron chi connectivity index (χ0n) is 8.69. The molecule has 4 nitrogen and oxygen atoms in total. The summed E-state index contributed by atoms with van der Waals surface area (Å²) < 4.78 is 0. The Balaban J connectivity index is 2.57. The maximum Gasteiger partial charge on any atom is 0.246 e. The summed E-state index contributed by atoms with van der Waals surface area (Å²) in [5.41, 5.74) is 2.35. The molecule has 1 aromatic rings. The van der Waals surface area contributed by atoms with Crippen LogP contribution in [0.15, 0.2) is 18.2 Å². The van der Waals surface area contributed by atoms with Gasteiger partial charge in [0.15, 0.2) is 0 Å². The predicted octanol–water partition coefficient (Wildman–Crippen LogP) is 0.971. The van der Waals surface area contributed by atoms with Gasteiger partial charge in [-0.2, -0.15) is 5.26 Å². The molecule has 1 aromatic carbocycles. The van der Waals surface area contributed by atoms with E-state index in [-0.39, 0.29) is 5.91 Å². The quantitative estimate of drug-likeness (QED) is 0.628. The Bertz CT molecular complexity index is 461. The predicted molar refractivity (Wildman–Crippen MR) is 57.8 cm³/mol. The number of amides is 1. The number of benzene rings is 1. The third-order valence-corrected chi connectivity index (χ3v) is 2.62. The molecule has 0 aromatic heterocycles. The number of nitriles is 1. The minimum atomic E-state index is 0.0417. The lowest BCUT2D eigenvalue weighted by Gasteiger charge is -2.32. The van der Waals surface area contributed by atoms with Gasteiger partial charge in [0.2, 0.25) is 5.91 Å². The zero-order valence-corrected chi connectivity index (χ0v) is 8.69. The van der Waals surface area contributed by atoms with Crippen LogP contribution < -0.4 is 9.80 Å². The molecule has 0 spiro atoms. The van der Waals surface area contributed by atoms with Crippen LogP contribution in [-0.4, -0.2) is 26.5 Å². The van der Waals surface area contributed by atoms with Crippen molar-refractivity contribution in [2.24, 2.45) is 0 Å². The number of likely N-dealkylation sites (N-methyl/N-ethyl adjacent to an activating group) is 2. The van der Waals surface area contributed by atoms with E-state index in [0.29, 0.717) is 12.1 Å². The van der Waals surface area contributed by atoms with Gasteiger partial charge in [-0.1, -0.05) is 0 Å². The fourth-order valence-corrected chi connectivity index (χ4v) is 1.71. The van der Waals surface area contributed by atoms with Gasteiger partial charge < -0.3 is 9.80 Å². The van der Waals surface area contributed by atoms with Crippen LogP contribution in [0.4, 0.5) is 11.4 Å². The zero-order chi connectivity index (χ0) is 11.0. The van der Waals surface area contributed by atoms with Crippen molar-refractivity contribution >= 4 is 17.3 Å². The lowest BCUT2D eigenvalue weighted by Crippen LogP contribution is -2.42. The van der Waals surface area contributed by atoms with Crippen LogP contribution in [0.2, 0.25) is 0 Å². The number of carbonyl (C=O) groups excluding carboxylic acids is 1. The highest BCUT2D eigenvalue weighted by atomic mass is 16.2. The van der Waals surface area contributed by atoms with Crippen molar-refractivity contribution in [2.75, 3.05) is 30.4 Å². The summed E-state index contributed by atoms with van der Waals surface area (Å²) >= 11 is 0. The highest BCUT2D eigenvalue weighted by Crippen LogP contribution is 2.32. The molecule has 0 atom stereocenters. The van der Waals surface area contributed by atoms with Crippen molar-refractivity contribution in [3.8, 4) is 6.07 Å². The van der Waals surface area contributed by atoms with Gasteiger partial charge in [-0.15, -0.1) is 0 Å². The van der Waals surface area contributed by atoms with Gasteiger partial charge in [0.1, 0.15) is 0 Å². The molecule has 4 heteroatoms. The van der Waals surface area contributed by atoms with E-state index in [1.807, 2.05) is 18.0 Å². The van der Waals surface area contributed by atoms with Crippen LogP contribution in [-0.2, 0) is 4.79 Å². The minimum absolute atomic E-state index is 0.0417. The van der Waals surface area contributed by atoms with E-state index >= 15 is 0 Å². The summed E-state index contributed by atoms with van der Waals surface area (Å²) in [6, 6.07) is 7.44. The first-order valence-corrected chi connectivity index (χ1v) is 4.65. The van der Waals surface area contributed by atoms with Crippen molar-refractivity contribution in [3.05, 3.63) is 23.8 Å². The van der Waals surface area contributed by atoms with Gasteiger partial charge in [0, 0.05) is 14.1 Å². The Morgan fingerprint density at radius 3 is 2.73 bits per heavy atom. The molecule has 1 heterocycles. The Morgan fingerprint density at radius 2 is 2.07 bits per heavy atom. The second-order valence-corrected chi connectivity index (χ2v) is 3.62. The van der Waals surface area contributed by atoms with Gasteiger partial charge in [-0.25, -0.2) is 0 Å². The molecule has 0 fully saturated rings. The third-order valence-electron chi connectivity index (χ3n) is 2.62. The third kappa shape index (κ3) is 1.42. The molecule has 0 aliphatic carbocycles. The summed E-state index contributed by atoms with van der Waals surface area (Å²) in [6.45, 7) is 0.384. The average molecular weight is 201 g/mol. The highest BCUT2D eigenvalue weighted by Gasteiger charge is 2.24. The number of anilines is 2. The smallest absolute Gasteiger partial charge is 0.246 e. The molecular weight excluding hydrogens is 190 g/mol. The van der Waals surface area contributed by atoms with Crippen molar-refractivity contribution < 1.29 is 4.79 Å². The number of hydrogen-bond acceptors (Lipinski definition) is 3. The van der Waals surface area contributed by atoms with Crippen LogP contribution in [0.5, 0.6) is 0 Å². The molecule has 0 bridgehead atoms. The molecule has 1 aliphatic rings. The summed E-state index contributed by atoms with van der Waals surface area (Å²) in [4.78, 5) is 15.0. The molecule has 15 heavy (non-hydrogen) atoms. The molecular formula is C11H11N3O. The number of nitrogens with zero attached hydrogens (tertiary/aromatic N) is 3. The number of rotatable bonds is 0. The molecule has 0 radical (unpaired) electrons. The van der Waals surface area contributed by atoms with Gasteiger partial charge >= 0.3 is 0 Å². The summed E-state index contributed by atoms with van der Waals surface area (Å²) in [5.74, 6) is 0.0417. The highest BCUT2D eigenvalue weighted by molar-refractivity contribution is 6.02. The average Bonchev–Trinajstić information content (AvgIpc) is 2.25. The first-order valence-electron chi connectivity index (χ1n) is 4.65. The summed E-state index contributed by atoms with van der Waals surface area (Å²) in [7, 11) is 3.60. The Kier molecular flexibility index (Phi) is 2.09. The maximum atomic E-state index is 11.6. The minimum Gasteiger partial charge on any atom is -0.364 e. The molecule has 0 saturated carbocycles. The van der Waals surface area contributed by atoms with Crippen LogP contribution in [0, 0.1) is 11.3 Å². The van der Waals surface area contributed by atoms with E-state index in [1.165, 1.54) is 0 Å². The fourth-order valence-electron chi connectivity index (χ4n) is 1.71. The monoisotopic (exact) mass is 201 g/mol. The van der Waals surface area contributed by atoms with Gasteiger partial charge in [0.05, 0.1) is 29.6 Å². The fraction of sp³-hybridized carbons (Fsp3) is 0.273. The Morgan fingerprint density at radius 1 is 1.33 bits per heavy atom. The van der Waals surface area contributed by atoms with Crippen molar-refractivity contribution in [3.63, 3.8) is 0 Å². The van der Waals surface area contributed by atoms with Crippen molar-refractivity contribution in [2.45, 2.75) is 0 Å². The largest absolute Gasteiger partial charge is 0.364 e. The van der Waals surface area contributed by atoms with Crippen LogP contribution in [0.25, 0.3) is 0 Å². The Labute approximate surface area is 88.3 Å². The standard InChI is InChI=1S/C11H11N3O/c1-13-7-11(15)14(2)10-5-8(6-12)3-4-9(10)13/h3-5H,7H2,1-2H3. The number of fused-ring (bicyclic) bond motifs is 1. The van der Waals surface area contributed by atoms with E-state index in [0.717, 1.165) is 11.4 Å². The molecule has 2 rings (SSSR count). The van der Waals surface area contributed by atoms with Gasteiger partial charge in [0.25, 0.3) is 0 Å². The van der Waals surface area contributed by atoms with Crippen molar-refractivity contribution in [1.82, 2.24) is 0 Å². The van der Waals surface area contributed by atoms with Crippen molar-refractivity contribution in [1.29, 1.82) is 5.26 Å². The number of hydrogen-bond donors (Lipinski definition) is 0. The Hall–Kier alpha value is -2.02.